The molecule has 2 aromatic rings. The van der Waals surface area contributed by atoms with Crippen LogP contribution in [0.5, 0.6) is 5.75 Å². The van der Waals surface area contributed by atoms with Crippen LogP contribution >= 0.6 is 0 Å². The van der Waals surface area contributed by atoms with Gasteiger partial charge in [0.15, 0.2) is 0 Å². The summed E-state index contributed by atoms with van der Waals surface area (Å²) < 4.78 is 12.8. The van der Waals surface area contributed by atoms with Crippen molar-refractivity contribution in [2.45, 2.75) is 76.1 Å². The third kappa shape index (κ3) is 5.42. The molecular formula is C28H38NO4+. The largest absolute Gasteiger partial charge is 0.494 e. The number of unbranched alkanes of at least 4 members (excludes halogenated alkanes) is 1. The van der Waals surface area contributed by atoms with E-state index in [1.807, 2.05) is 30.3 Å². The number of benzene rings is 2. The first-order chi connectivity index (χ1) is 16.0. The third-order valence-corrected chi connectivity index (χ3v) is 7.74. The average molecular weight is 453 g/mol. The van der Waals surface area contributed by atoms with Crippen LogP contribution in [0.15, 0.2) is 54.6 Å². The topological polar surface area (TPSA) is 55.8 Å². The Hall–Kier alpha value is -2.37. The Morgan fingerprint density at radius 1 is 1.06 bits per heavy atom. The number of aliphatic hydroxyl groups is 1. The predicted molar refractivity (Wildman–Crippen MR) is 129 cm³/mol. The molecule has 0 aliphatic carbocycles. The number of rotatable bonds is 10. The SMILES string of the molecule is CCCCOc1ccc(C[N+]2(C)[C@@H]3CC[C@H]2C[C@H](OC(=O)C(CO)c2ccccc2)C3)cc1. The van der Waals surface area contributed by atoms with E-state index in [4.69, 9.17) is 9.47 Å². The maximum atomic E-state index is 12.9. The van der Waals surface area contributed by atoms with Crippen LogP contribution in [0.1, 0.15) is 62.5 Å². The Kier molecular flexibility index (Phi) is 7.71. The molecule has 2 heterocycles. The number of esters is 1. The van der Waals surface area contributed by atoms with Gasteiger partial charge in [0.1, 0.15) is 24.3 Å². The highest BCUT2D eigenvalue weighted by atomic mass is 16.5. The van der Waals surface area contributed by atoms with Crippen molar-refractivity contribution in [3.8, 4) is 5.75 Å². The van der Waals surface area contributed by atoms with Gasteiger partial charge in [0.2, 0.25) is 0 Å². The highest BCUT2D eigenvalue weighted by molar-refractivity contribution is 5.78. The lowest BCUT2D eigenvalue weighted by molar-refractivity contribution is -0.961. The monoisotopic (exact) mass is 452 g/mol. The number of quaternary nitrogens is 1. The normalized spacial score (nSPS) is 27.2. The summed E-state index contributed by atoms with van der Waals surface area (Å²) in [5.41, 5.74) is 2.14. The van der Waals surface area contributed by atoms with Gasteiger partial charge in [-0.25, -0.2) is 0 Å². The Balaban J connectivity index is 1.36. The molecule has 2 saturated heterocycles. The fraction of sp³-hybridized carbons (Fsp3) is 0.536. The van der Waals surface area contributed by atoms with Gasteiger partial charge in [0.05, 0.1) is 32.3 Å². The average Bonchev–Trinajstić information content (AvgIpc) is 2.98. The third-order valence-electron chi connectivity index (χ3n) is 7.74. The van der Waals surface area contributed by atoms with E-state index in [1.54, 1.807) is 0 Å². The minimum absolute atomic E-state index is 0.0618. The highest BCUT2D eigenvalue weighted by Crippen LogP contribution is 2.43. The molecule has 5 heteroatoms. The molecule has 2 aliphatic rings. The minimum Gasteiger partial charge on any atom is -0.494 e. The number of ether oxygens (including phenoxy) is 2. The highest BCUT2D eigenvalue weighted by Gasteiger charge is 2.52. The van der Waals surface area contributed by atoms with E-state index in [0.717, 1.165) is 54.6 Å². The molecule has 5 atom stereocenters. The van der Waals surface area contributed by atoms with E-state index >= 15 is 0 Å². The van der Waals surface area contributed by atoms with Gasteiger partial charge in [-0.15, -0.1) is 0 Å². The molecule has 0 aromatic heterocycles. The molecule has 0 amide bonds. The maximum absolute atomic E-state index is 12.9. The number of hydrogen-bond donors (Lipinski definition) is 1. The zero-order valence-corrected chi connectivity index (χ0v) is 20.0. The van der Waals surface area contributed by atoms with Gasteiger partial charge >= 0.3 is 5.97 Å². The van der Waals surface area contributed by atoms with Gasteiger partial charge in [-0.1, -0.05) is 43.7 Å². The lowest BCUT2D eigenvalue weighted by Crippen LogP contribution is -2.58. The fourth-order valence-corrected chi connectivity index (χ4v) is 5.71. The van der Waals surface area contributed by atoms with Crippen molar-refractivity contribution >= 4 is 5.97 Å². The lowest BCUT2D eigenvalue weighted by atomic mass is 9.95. The molecule has 178 valence electrons. The fourth-order valence-electron chi connectivity index (χ4n) is 5.71. The molecule has 2 unspecified atom stereocenters. The molecule has 2 aromatic carbocycles. The van der Waals surface area contributed by atoms with Crippen LogP contribution in [-0.4, -0.2) is 54.0 Å². The van der Waals surface area contributed by atoms with E-state index in [1.165, 1.54) is 18.4 Å². The number of carbonyl (C=O) groups excluding carboxylic acids is 1. The van der Waals surface area contributed by atoms with E-state index in [9.17, 15) is 9.90 Å². The van der Waals surface area contributed by atoms with Crippen molar-refractivity contribution in [3.05, 3.63) is 65.7 Å². The lowest BCUT2D eigenvalue weighted by Gasteiger charge is -2.47. The molecule has 5 nitrogen and oxygen atoms in total. The number of carbonyl (C=O) groups is 1. The molecule has 2 aliphatic heterocycles. The Morgan fingerprint density at radius 2 is 1.73 bits per heavy atom. The van der Waals surface area contributed by atoms with Crippen LogP contribution in [0.25, 0.3) is 0 Å². The van der Waals surface area contributed by atoms with E-state index in [0.29, 0.717) is 12.1 Å². The number of aliphatic hydroxyl groups excluding tert-OH is 1. The standard InChI is InChI=1S/C28H38NO4/c1-3-4-16-32-25-14-10-21(11-15-25)19-29(2)23-12-13-24(29)18-26(17-23)33-28(31)27(20-30)22-8-6-5-7-9-22/h5-11,14-15,23-24,26-27,30H,3-4,12-13,16-20H2,1-2H3/q+1/t23-,24+,26-,27?,29?. The van der Waals surface area contributed by atoms with Gasteiger partial charge in [-0.05, 0) is 36.2 Å². The minimum atomic E-state index is -0.607. The van der Waals surface area contributed by atoms with E-state index in [2.05, 4.69) is 38.2 Å². The molecular weight excluding hydrogens is 414 g/mol. The molecule has 2 fully saturated rings. The van der Waals surface area contributed by atoms with Crippen LogP contribution in [0.2, 0.25) is 0 Å². The van der Waals surface area contributed by atoms with Crippen LogP contribution in [0.3, 0.4) is 0 Å². The number of hydrogen-bond acceptors (Lipinski definition) is 4. The molecule has 1 N–H and O–H groups in total. The van der Waals surface area contributed by atoms with Crippen molar-refractivity contribution in [1.82, 2.24) is 0 Å². The molecule has 0 saturated carbocycles. The van der Waals surface area contributed by atoms with Gasteiger partial charge < -0.3 is 19.1 Å². The van der Waals surface area contributed by atoms with Crippen molar-refractivity contribution in [2.24, 2.45) is 0 Å². The summed E-state index contributed by atoms with van der Waals surface area (Å²) in [6.07, 6.45) is 6.29. The zero-order chi connectivity index (χ0) is 23.3. The maximum Gasteiger partial charge on any atom is 0.316 e. The predicted octanol–water partition coefficient (Wildman–Crippen LogP) is 4.82. The van der Waals surface area contributed by atoms with Crippen molar-refractivity contribution in [3.63, 3.8) is 0 Å². The zero-order valence-electron chi connectivity index (χ0n) is 20.0. The van der Waals surface area contributed by atoms with Crippen molar-refractivity contribution in [1.29, 1.82) is 0 Å². The Labute approximate surface area is 197 Å². The summed E-state index contributed by atoms with van der Waals surface area (Å²) in [6, 6.07) is 19.0. The van der Waals surface area contributed by atoms with Crippen molar-refractivity contribution < 1.29 is 23.9 Å². The first-order valence-corrected chi connectivity index (χ1v) is 12.5. The van der Waals surface area contributed by atoms with Gasteiger partial charge in [-0.3, -0.25) is 4.79 Å². The summed E-state index contributed by atoms with van der Waals surface area (Å²) in [6.45, 7) is 3.71. The molecule has 0 radical (unpaired) electrons. The summed E-state index contributed by atoms with van der Waals surface area (Å²) in [5.74, 6) is 0.0351. The summed E-state index contributed by atoms with van der Waals surface area (Å²) in [7, 11) is 2.37. The quantitative estimate of drug-likeness (QED) is 0.319. The van der Waals surface area contributed by atoms with Gasteiger partial charge in [0.25, 0.3) is 0 Å². The van der Waals surface area contributed by atoms with Gasteiger partial charge in [0, 0.05) is 31.2 Å². The van der Waals surface area contributed by atoms with E-state index in [-0.39, 0.29) is 18.7 Å². The summed E-state index contributed by atoms with van der Waals surface area (Å²) in [4.78, 5) is 12.9. The summed E-state index contributed by atoms with van der Waals surface area (Å²) >= 11 is 0. The van der Waals surface area contributed by atoms with Crippen LogP contribution in [0.4, 0.5) is 0 Å². The van der Waals surface area contributed by atoms with Crippen molar-refractivity contribution in [2.75, 3.05) is 20.3 Å². The van der Waals surface area contributed by atoms with Crippen LogP contribution in [0, 0.1) is 0 Å². The second kappa shape index (κ2) is 10.7. The first kappa shape index (κ1) is 23.8. The number of nitrogens with zero attached hydrogens (tertiary/aromatic N) is 1. The second-order valence-electron chi connectivity index (χ2n) is 9.91. The second-order valence-corrected chi connectivity index (χ2v) is 9.91. The van der Waals surface area contributed by atoms with Crippen LogP contribution < -0.4 is 4.74 Å². The van der Waals surface area contributed by atoms with Gasteiger partial charge in [-0.2, -0.15) is 0 Å². The summed E-state index contributed by atoms with van der Waals surface area (Å²) in [5, 5.41) is 9.81. The number of piperidine rings is 1. The van der Waals surface area contributed by atoms with Crippen LogP contribution in [-0.2, 0) is 16.1 Å². The molecule has 2 bridgehead atoms. The Bertz CT molecular complexity index is 884. The smallest absolute Gasteiger partial charge is 0.316 e. The molecule has 4 rings (SSSR count). The van der Waals surface area contributed by atoms with E-state index < -0.39 is 5.92 Å². The molecule has 0 spiro atoms. The number of fused-ring (bicyclic) bond motifs is 2. The Morgan fingerprint density at radius 3 is 2.33 bits per heavy atom. The molecule has 33 heavy (non-hydrogen) atoms. The first-order valence-electron chi connectivity index (χ1n) is 12.5.